The first-order valence-corrected chi connectivity index (χ1v) is 8.96. The van der Waals surface area contributed by atoms with Crippen LogP contribution >= 0.6 is 0 Å². The van der Waals surface area contributed by atoms with Crippen LogP contribution in [-0.2, 0) is 19.8 Å². The summed E-state index contributed by atoms with van der Waals surface area (Å²) in [5, 5.41) is 5.87. The molecular formula is C19H23F3N4O. The van der Waals surface area contributed by atoms with Gasteiger partial charge in [-0.05, 0) is 49.5 Å². The quantitative estimate of drug-likeness (QED) is 0.875. The minimum absolute atomic E-state index is 0.452. The minimum atomic E-state index is -4.68. The molecule has 0 saturated carbocycles. The second-order valence-electron chi connectivity index (χ2n) is 7.17. The molecule has 1 aromatic carbocycles. The molecule has 0 atom stereocenters. The Morgan fingerprint density at radius 1 is 1.22 bits per heavy atom. The molecule has 3 rings (SSSR count). The van der Waals surface area contributed by atoms with Crippen molar-refractivity contribution in [3.63, 3.8) is 0 Å². The normalized spacial score (nSPS) is 16.5. The average Bonchev–Trinajstić information content (AvgIpc) is 3.01. The molecule has 1 aliphatic rings. The highest BCUT2D eigenvalue weighted by Crippen LogP contribution is 2.31. The molecule has 0 bridgehead atoms. The number of nitrogens with one attached hydrogen (secondary N) is 1. The molecule has 0 radical (unpaired) electrons. The van der Waals surface area contributed by atoms with E-state index in [-0.39, 0.29) is 0 Å². The second-order valence-corrected chi connectivity index (χ2v) is 7.17. The maximum atomic E-state index is 13.0. The van der Waals surface area contributed by atoms with Crippen LogP contribution in [0.5, 0.6) is 0 Å². The zero-order chi connectivity index (χ0) is 19.6. The summed E-state index contributed by atoms with van der Waals surface area (Å²) in [4.78, 5) is 14.6. The summed E-state index contributed by atoms with van der Waals surface area (Å²) in [6.07, 6.45) is -1.21. The van der Waals surface area contributed by atoms with Crippen LogP contribution in [0.3, 0.4) is 0 Å². The number of anilines is 1. The number of carbonyl (C=O) groups is 1. The van der Waals surface area contributed by atoms with E-state index in [9.17, 15) is 18.0 Å². The van der Waals surface area contributed by atoms with Gasteiger partial charge in [-0.2, -0.15) is 18.3 Å². The number of nitrogens with zero attached hydrogens (tertiary/aromatic N) is 3. The lowest BCUT2D eigenvalue weighted by atomic mass is 9.99. The summed E-state index contributed by atoms with van der Waals surface area (Å²) in [6.45, 7) is 5.24. The highest BCUT2D eigenvalue weighted by atomic mass is 19.4. The van der Waals surface area contributed by atoms with Crippen LogP contribution in [0, 0.1) is 5.92 Å². The molecule has 0 unspecified atom stereocenters. The summed E-state index contributed by atoms with van der Waals surface area (Å²) in [5.41, 5.74) is -0.108. The van der Waals surface area contributed by atoms with Gasteiger partial charge in [0.2, 0.25) is 0 Å². The van der Waals surface area contributed by atoms with E-state index >= 15 is 0 Å². The second kappa shape index (κ2) is 7.72. The van der Waals surface area contributed by atoms with Gasteiger partial charge in [0.05, 0.1) is 5.56 Å². The molecule has 0 spiro atoms. The Morgan fingerprint density at radius 2 is 1.85 bits per heavy atom. The highest BCUT2D eigenvalue weighted by Gasteiger charge is 2.39. The molecular weight excluding hydrogens is 357 g/mol. The molecule has 1 N–H and O–H groups in total. The molecule has 27 heavy (non-hydrogen) atoms. The Bertz CT molecular complexity index is 790. The van der Waals surface area contributed by atoms with Gasteiger partial charge in [-0.3, -0.25) is 14.4 Å². The Morgan fingerprint density at radius 3 is 2.44 bits per heavy atom. The van der Waals surface area contributed by atoms with E-state index in [1.165, 1.54) is 19.9 Å². The van der Waals surface area contributed by atoms with Crippen LogP contribution in [0.15, 0.2) is 30.5 Å². The molecule has 1 aliphatic heterocycles. The third-order valence-corrected chi connectivity index (χ3v) is 4.84. The molecule has 1 fully saturated rings. The molecule has 2 aromatic rings. The summed E-state index contributed by atoms with van der Waals surface area (Å²) < 4.78 is 40.0. The molecule has 2 heterocycles. The first kappa shape index (κ1) is 19.4. The topological polar surface area (TPSA) is 50.2 Å². The number of likely N-dealkylation sites (tertiary alicyclic amines) is 1. The fraction of sp³-hybridized carbons (Fsp3) is 0.474. The predicted octanol–water partition coefficient (Wildman–Crippen LogP) is 3.92. The van der Waals surface area contributed by atoms with Crippen molar-refractivity contribution in [2.45, 2.75) is 32.5 Å². The zero-order valence-corrected chi connectivity index (χ0v) is 15.4. The van der Waals surface area contributed by atoms with E-state index < -0.39 is 23.3 Å². The van der Waals surface area contributed by atoms with Gasteiger partial charge in [0, 0.05) is 25.5 Å². The molecule has 5 nitrogen and oxygen atoms in total. The maximum Gasteiger partial charge on any atom is 0.435 e. The number of piperidine rings is 1. The van der Waals surface area contributed by atoms with Gasteiger partial charge in [-0.1, -0.05) is 19.1 Å². The number of benzene rings is 1. The number of halogens is 3. The Hall–Kier alpha value is -2.35. The smallest absolute Gasteiger partial charge is 0.322 e. The monoisotopic (exact) mass is 380 g/mol. The van der Waals surface area contributed by atoms with Crippen LogP contribution in [-0.4, -0.2) is 33.7 Å². The zero-order valence-electron chi connectivity index (χ0n) is 15.4. The van der Waals surface area contributed by atoms with Crippen molar-refractivity contribution in [1.82, 2.24) is 14.7 Å². The van der Waals surface area contributed by atoms with Crippen LogP contribution in [0.25, 0.3) is 0 Å². The van der Waals surface area contributed by atoms with E-state index in [4.69, 9.17) is 0 Å². The van der Waals surface area contributed by atoms with E-state index in [2.05, 4.69) is 22.2 Å². The molecule has 0 aliphatic carbocycles. The fourth-order valence-electron chi connectivity index (χ4n) is 3.23. The van der Waals surface area contributed by atoms with Crippen molar-refractivity contribution in [2.24, 2.45) is 13.0 Å². The summed E-state index contributed by atoms with van der Waals surface area (Å²) in [5.74, 6) is -0.0545. The van der Waals surface area contributed by atoms with Gasteiger partial charge in [0.1, 0.15) is 0 Å². The molecule has 146 valence electrons. The molecule has 8 heteroatoms. The van der Waals surface area contributed by atoms with E-state index in [1.54, 1.807) is 12.1 Å². The van der Waals surface area contributed by atoms with Gasteiger partial charge in [-0.15, -0.1) is 0 Å². The van der Waals surface area contributed by atoms with Gasteiger partial charge < -0.3 is 5.32 Å². The number of amides is 1. The number of hydrogen-bond donors (Lipinski definition) is 1. The van der Waals surface area contributed by atoms with E-state index in [0.717, 1.165) is 42.0 Å². The summed E-state index contributed by atoms with van der Waals surface area (Å²) >= 11 is 0. The number of rotatable bonds is 4. The van der Waals surface area contributed by atoms with Crippen LogP contribution in [0.2, 0.25) is 0 Å². The Labute approximate surface area is 156 Å². The number of hydrogen-bond acceptors (Lipinski definition) is 3. The predicted molar refractivity (Wildman–Crippen MR) is 96.3 cm³/mol. The van der Waals surface area contributed by atoms with Crippen molar-refractivity contribution in [2.75, 3.05) is 18.4 Å². The molecule has 1 saturated heterocycles. The number of aryl methyl sites for hydroxylation is 1. The van der Waals surface area contributed by atoms with Crippen molar-refractivity contribution >= 4 is 11.6 Å². The van der Waals surface area contributed by atoms with E-state index in [0.29, 0.717) is 5.69 Å². The van der Waals surface area contributed by atoms with Gasteiger partial charge in [-0.25, -0.2) is 0 Å². The van der Waals surface area contributed by atoms with Crippen LogP contribution in [0.1, 0.15) is 41.4 Å². The molecule has 1 aromatic heterocycles. The lowest BCUT2D eigenvalue weighted by Crippen LogP contribution is -2.32. The number of alkyl halides is 3. The lowest BCUT2D eigenvalue weighted by molar-refractivity contribution is -0.141. The number of aromatic nitrogens is 2. The highest BCUT2D eigenvalue weighted by molar-refractivity contribution is 6.05. The van der Waals surface area contributed by atoms with Gasteiger partial charge in [0.15, 0.2) is 5.69 Å². The van der Waals surface area contributed by atoms with Crippen LogP contribution in [0.4, 0.5) is 18.9 Å². The third kappa shape index (κ3) is 4.88. The lowest BCUT2D eigenvalue weighted by Gasteiger charge is -2.30. The molecule has 1 amide bonds. The standard InChI is InChI=1S/C19H23F3N4O/c1-13-7-9-26(10-8-13)11-14-3-5-15(6-4-14)23-18(27)16-12-25(2)24-17(16)19(20,21)22/h3-6,12-13H,7-11H2,1-2H3,(H,23,27). The fourth-order valence-corrected chi connectivity index (χ4v) is 3.23. The Balaban J connectivity index is 1.64. The van der Waals surface area contributed by atoms with Crippen molar-refractivity contribution in [3.05, 3.63) is 47.3 Å². The first-order chi connectivity index (χ1) is 12.7. The minimum Gasteiger partial charge on any atom is -0.322 e. The van der Waals surface area contributed by atoms with Crippen molar-refractivity contribution in [3.8, 4) is 0 Å². The van der Waals surface area contributed by atoms with Crippen LogP contribution < -0.4 is 5.32 Å². The maximum absolute atomic E-state index is 13.0. The number of carbonyl (C=O) groups excluding carboxylic acids is 1. The van der Waals surface area contributed by atoms with Gasteiger partial charge >= 0.3 is 6.18 Å². The third-order valence-electron chi connectivity index (χ3n) is 4.84. The van der Waals surface area contributed by atoms with Crippen molar-refractivity contribution in [1.29, 1.82) is 0 Å². The first-order valence-electron chi connectivity index (χ1n) is 8.96. The SMILES string of the molecule is CC1CCN(Cc2ccc(NC(=O)c3cn(C)nc3C(F)(F)F)cc2)CC1. The summed E-state index contributed by atoms with van der Waals surface area (Å²) in [7, 11) is 1.35. The largest absolute Gasteiger partial charge is 0.435 e. The van der Waals surface area contributed by atoms with E-state index in [1.807, 2.05) is 12.1 Å². The van der Waals surface area contributed by atoms with Gasteiger partial charge in [0.25, 0.3) is 5.91 Å². The van der Waals surface area contributed by atoms with Crippen molar-refractivity contribution < 1.29 is 18.0 Å². The average molecular weight is 380 g/mol. The summed E-state index contributed by atoms with van der Waals surface area (Å²) in [6, 6.07) is 7.20. The Kier molecular flexibility index (Phi) is 5.55.